The molecule has 9 rings (SSSR count). The third-order valence-corrected chi connectivity index (χ3v) is 10.2. The van der Waals surface area contributed by atoms with Gasteiger partial charge in [0.2, 0.25) is 17.2 Å². The number of phenolic OH excluding ortho intramolecular Hbond substituents is 5. The lowest BCUT2D eigenvalue weighted by Gasteiger charge is -2.24. The van der Waals surface area contributed by atoms with E-state index in [1.54, 1.807) is 24.3 Å². The van der Waals surface area contributed by atoms with Gasteiger partial charge < -0.3 is 29.9 Å². The van der Waals surface area contributed by atoms with Crippen LogP contribution in [0, 0.1) is 5.92 Å². The second-order valence-electron chi connectivity index (χ2n) is 13.3. The summed E-state index contributed by atoms with van der Waals surface area (Å²) in [7, 11) is 0. The number of aryl methyl sites for hydroxylation is 1. The maximum atomic E-state index is 10.4. The summed E-state index contributed by atoms with van der Waals surface area (Å²) in [5.74, 6) is -1.06. The second-order valence-corrected chi connectivity index (χ2v) is 13.3. The number of rotatable bonds is 5. The molecule has 0 bridgehead atoms. The van der Waals surface area contributed by atoms with E-state index in [2.05, 4.69) is 36.4 Å². The molecule has 0 aliphatic heterocycles. The molecule has 2 heterocycles. The van der Waals surface area contributed by atoms with Crippen LogP contribution in [0.3, 0.4) is 0 Å². The molecule has 52 heavy (non-hydrogen) atoms. The summed E-state index contributed by atoms with van der Waals surface area (Å²) >= 11 is 0. The second kappa shape index (κ2) is 12.3. The molecule has 6 aromatic rings. The molecule has 9 heteroatoms. The van der Waals surface area contributed by atoms with Crippen molar-refractivity contribution in [3.05, 3.63) is 132 Å². The summed E-state index contributed by atoms with van der Waals surface area (Å²) in [6.45, 7) is 0. The molecule has 9 nitrogen and oxygen atoms in total. The van der Waals surface area contributed by atoms with Gasteiger partial charge in [0.15, 0.2) is 29.0 Å². The predicted molar refractivity (Wildman–Crippen MR) is 199 cm³/mol. The molecular weight excluding hydrogens is 654 g/mol. The molecule has 0 saturated heterocycles. The van der Waals surface area contributed by atoms with E-state index in [4.69, 9.17) is 19.4 Å². The molecule has 0 radical (unpaired) electrons. The minimum absolute atomic E-state index is 0.196. The standard InChI is InChI=1S/C43H33N3O6/c47-36-34(37(48)39(50)40(51)38(36)49)26-17-12-24(13-18-26)25-14-19-27(20-15-25)41-44-42(29-21-16-23-6-1-2-7-28(23)22-29)46-43(45-41)31-9-5-11-33-35(31)30-8-3-4-10-32(30)52-33/h2-4,7-10,12-15,17-23,47-51H,1,5-6,11,16H2. The number of benzene rings is 4. The molecule has 4 aromatic carbocycles. The first-order valence-corrected chi connectivity index (χ1v) is 17.3. The average Bonchev–Trinajstić information content (AvgIpc) is 3.58. The third-order valence-electron chi connectivity index (χ3n) is 10.2. The number of hydrogen-bond donors (Lipinski definition) is 5. The summed E-state index contributed by atoms with van der Waals surface area (Å²) in [6, 6.07) is 22.8. The fraction of sp³-hybridized carbons (Fsp3) is 0.140. The Morgan fingerprint density at radius 3 is 1.98 bits per heavy atom. The zero-order valence-corrected chi connectivity index (χ0v) is 27.9. The summed E-state index contributed by atoms with van der Waals surface area (Å²) in [5.41, 5.74) is 7.83. The topological polar surface area (TPSA) is 153 Å². The highest BCUT2D eigenvalue weighted by Crippen LogP contribution is 2.54. The molecule has 0 fully saturated rings. The van der Waals surface area contributed by atoms with Gasteiger partial charge in [0.25, 0.3) is 0 Å². The van der Waals surface area contributed by atoms with Gasteiger partial charge in [-0.25, -0.2) is 15.0 Å². The van der Waals surface area contributed by atoms with Gasteiger partial charge in [-0.2, -0.15) is 0 Å². The highest BCUT2D eigenvalue weighted by Gasteiger charge is 2.27. The van der Waals surface area contributed by atoms with E-state index in [0.29, 0.717) is 29.0 Å². The molecule has 0 saturated carbocycles. The fourth-order valence-corrected chi connectivity index (χ4v) is 7.48. The molecule has 3 aliphatic carbocycles. The van der Waals surface area contributed by atoms with E-state index in [1.165, 1.54) is 5.57 Å². The zero-order chi connectivity index (χ0) is 35.5. The van der Waals surface area contributed by atoms with Crippen molar-refractivity contribution in [1.29, 1.82) is 0 Å². The monoisotopic (exact) mass is 687 g/mol. The van der Waals surface area contributed by atoms with Crippen molar-refractivity contribution in [1.82, 2.24) is 15.0 Å². The van der Waals surface area contributed by atoms with E-state index in [9.17, 15) is 25.5 Å². The SMILES string of the molecule is Oc1c(O)c(O)c(-c2ccc(-c3ccc(-c4nc(C5=CCC6CCC=CC6=C5)nc(C5=CCCc6oc7ccccc7c65)n4)cc3)cc2)c(O)c1O. The molecular formula is C43H33N3O6. The van der Waals surface area contributed by atoms with E-state index >= 15 is 0 Å². The lowest BCUT2D eigenvalue weighted by atomic mass is 9.82. The normalized spacial score (nSPS) is 16.5. The molecule has 0 spiro atoms. The molecule has 2 aromatic heterocycles. The largest absolute Gasteiger partial charge is 0.504 e. The van der Waals surface area contributed by atoms with E-state index in [0.717, 1.165) is 82.2 Å². The Hall–Kier alpha value is -6.61. The van der Waals surface area contributed by atoms with Crippen molar-refractivity contribution in [2.24, 2.45) is 5.92 Å². The van der Waals surface area contributed by atoms with Gasteiger partial charge in [-0.3, -0.25) is 0 Å². The minimum atomic E-state index is -0.995. The number of hydrogen-bond acceptors (Lipinski definition) is 9. The van der Waals surface area contributed by atoms with Crippen LogP contribution in [-0.4, -0.2) is 40.5 Å². The van der Waals surface area contributed by atoms with E-state index in [1.807, 2.05) is 42.5 Å². The molecule has 0 amide bonds. The first kappa shape index (κ1) is 31.4. The lowest BCUT2D eigenvalue weighted by Crippen LogP contribution is -2.12. The third kappa shape index (κ3) is 5.21. The molecule has 5 N–H and O–H groups in total. The van der Waals surface area contributed by atoms with Crippen LogP contribution >= 0.6 is 0 Å². The van der Waals surface area contributed by atoms with Crippen LogP contribution in [0.25, 0.3) is 55.8 Å². The number of nitrogens with zero attached hydrogens (tertiary/aromatic N) is 3. The number of aromatic hydroxyl groups is 5. The number of fused-ring (bicyclic) bond motifs is 4. The number of phenols is 5. The van der Waals surface area contributed by atoms with Gasteiger partial charge in [0.05, 0.1) is 5.56 Å². The Morgan fingerprint density at radius 1 is 0.596 bits per heavy atom. The predicted octanol–water partition coefficient (Wildman–Crippen LogP) is 9.20. The van der Waals surface area contributed by atoms with E-state index in [-0.39, 0.29) is 5.56 Å². The first-order chi connectivity index (χ1) is 25.3. The van der Waals surface area contributed by atoms with Crippen molar-refractivity contribution >= 4 is 22.1 Å². The van der Waals surface area contributed by atoms with Gasteiger partial charge in [-0.15, -0.1) is 0 Å². The van der Waals surface area contributed by atoms with Crippen molar-refractivity contribution in [3.8, 4) is 62.4 Å². The lowest BCUT2D eigenvalue weighted by molar-refractivity contribution is 0.330. The van der Waals surface area contributed by atoms with Gasteiger partial charge in [-0.05, 0) is 66.0 Å². The van der Waals surface area contributed by atoms with Crippen LogP contribution in [0.4, 0.5) is 0 Å². The maximum Gasteiger partial charge on any atom is 0.208 e. The fourth-order valence-electron chi connectivity index (χ4n) is 7.48. The molecule has 256 valence electrons. The summed E-state index contributed by atoms with van der Waals surface area (Å²) in [4.78, 5) is 15.2. The quantitative estimate of drug-likeness (QED) is 0.0882. The summed E-state index contributed by atoms with van der Waals surface area (Å²) in [5, 5.41) is 51.6. The Kier molecular flexibility index (Phi) is 7.43. The smallest absolute Gasteiger partial charge is 0.208 e. The van der Waals surface area contributed by atoms with Crippen molar-refractivity contribution in [2.75, 3.05) is 0 Å². The number of para-hydroxylation sites is 1. The first-order valence-electron chi connectivity index (χ1n) is 17.3. The summed E-state index contributed by atoms with van der Waals surface area (Å²) in [6.07, 6.45) is 16.0. The van der Waals surface area contributed by atoms with Crippen molar-refractivity contribution < 1.29 is 29.9 Å². The van der Waals surface area contributed by atoms with Crippen molar-refractivity contribution in [3.63, 3.8) is 0 Å². The average molecular weight is 688 g/mol. The Labute approximate surface area is 298 Å². The Balaban J connectivity index is 1.10. The number of furan rings is 1. The van der Waals surface area contributed by atoms with Crippen molar-refractivity contribution in [2.45, 2.75) is 32.1 Å². The van der Waals surface area contributed by atoms with Crippen LogP contribution in [0.5, 0.6) is 28.7 Å². The van der Waals surface area contributed by atoms with Gasteiger partial charge >= 0.3 is 0 Å². The Bertz CT molecular complexity index is 2510. The van der Waals surface area contributed by atoms with Gasteiger partial charge in [0, 0.05) is 34.1 Å². The van der Waals surface area contributed by atoms with E-state index < -0.39 is 28.7 Å². The number of aromatic nitrogens is 3. The molecule has 3 aliphatic rings. The van der Waals surface area contributed by atoms with Crippen LogP contribution in [0.2, 0.25) is 0 Å². The Morgan fingerprint density at radius 2 is 1.23 bits per heavy atom. The maximum absolute atomic E-state index is 10.4. The number of allylic oxidation sites excluding steroid dienone is 7. The highest BCUT2D eigenvalue weighted by atomic mass is 16.4. The zero-order valence-electron chi connectivity index (χ0n) is 27.9. The molecule has 1 unspecified atom stereocenters. The van der Waals surface area contributed by atoms with Gasteiger partial charge in [0.1, 0.15) is 11.3 Å². The summed E-state index contributed by atoms with van der Waals surface area (Å²) < 4.78 is 6.28. The van der Waals surface area contributed by atoms with Crippen LogP contribution in [0.1, 0.15) is 48.7 Å². The van der Waals surface area contributed by atoms with Gasteiger partial charge in [-0.1, -0.05) is 91.0 Å². The molecule has 1 atom stereocenters. The minimum Gasteiger partial charge on any atom is -0.504 e. The van der Waals surface area contributed by atoms with Crippen LogP contribution in [0.15, 0.2) is 113 Å². The van der Waals surface area contributed by atoms with Crippen LogP contribution < -0.4 is 0 Å². The highest BCUT2D eigenvalue weighted by molar-refractivity contribution is 5.97. The van der Waals surface area contributed by atoms with Crippen LogP contribution in [-0.2, 0) is 6.42 Å².